The van der Waals surface area contributed by atoms with Crippen molar-refractivity contribution in [1.29, 1.82) is 0 Å². The van der Waals surface area contributed by atoms with Crippen molar-refractivity contribution in [1.82, 2.24) is 4.98 Å². The molecule has 0 aliphatic heterocycles. The van der Waals surface area contributed by atoms with Crippen LogP contribution in [-0.2, 0) is 0 Å². The van der Waals surface area contributed by atoms with Crippen molar-refractivity contribution in [3.8, 4) is 5.75 Å². The number of carbonyl (C=O) groups is 2. The average molecular weight is 384 g/mol. The number of carboxylic acid groups (broad SMARTS) is 1. The molecule has 0 spiro atoms. The van der Waals surface area contributed by atoms with Gasteiger partial charge in [-0.2, -0.15) is 0 Å². The van der Waals surface area contributed by atoms with Gasteiger partial charge in [-0.05, 0) is 46.9 Å². The number of carboxylic acids is 1. The van der Waals surface area contributed by atoms with Crippen molar-refractivity contribution in [2.45, 2.75) is 0 Å². The molecule has 7 heteroatoms. The molecule has 0 bridgehead atoms. The largest absolute Gasteiger partial charge is 0.507 e. The number of rotatable bonds is 3. The highest BCUT2D eigenvalue weighted by atomic mass is 127. The van der Waals surface area contributed by atoms with Gasteiger partial charge in [0.1, 0.15) is 5.75 Å². The molecule has 0 saturated carbocycles. The van der Waals surface area contributed by atoms with Gasteiger partial charge in [-0.25, -0.2) is 4.79 Å². The number of nitrogens with one attached hydrogen (secondary N) is 1. The lowest BCUT2D eigenvalue weighted by Gasteiger charge is -2.06. The van der Waals surface area contributed by atoms with E-state index >= 15 is 0 Å². The van der Waals surface area contributed by atoms with Crippen molar-refractivity contribution in [3.05, 3.63) is 51.4 Å². The van der Waals surface area contributed by atoms with E-state index in [1.54, 1.807) is 12.1 Å². The van der Waals surface area contributed by atoms with Gasteiger partial charge >= 0.3 is 5.97 Å². The topological polar surface area (TPSA) is 99.5 Å². The van der Waals surface area contributed by atoms with E-state index in [9.17, 15) is 14.7 Å². The molecule has 6 nitrogen and oxygen atoms in total. The number of anilines is 1. The molecule has 20 heavy (non-hydrogen) atoms. The Morgan fingerprint density at radius 3 is 2.55 bits per heavy atom. The van der Waals surface area contributed by atoms with Gasteiger partial charge in [-0.1, -0.05) is 0 Å². The Bertz CT molecular complexity index is 688. The molecular formula is C13H9IN2O4. The maximum absolute atomic E-state index is 12.0. The van der Waals surface area contributed by atoms with Gasteiger partial charge in [0, 0.05) is 11.8 Å². The summed E-state index contributed by atoms with van der Waals surface area (Å²) in [5.74, 6) is -1.57. The molecule has 0 atom stereocenters. The first-order valence-corrected chi connectivity index (χ1v) is 6.53. The Morgan fingerprint density at radius 2 is 1.90 bits per heavy atom. The SMILES string of the molecule is O=C(O)c1cncc(NC(=O)c2ccc(I)c(O)c2)c1. The highest BCUT2D eigenvalue weighted by Gasteiger charge is 2.10. The molecule has 1 heterocycles. The summed E-state index contributed by atoms with van der Waals surface area (Å²) in [5, 5.41) is 20.9. The predicted octanol–water partition coefficient (Wildman–Crippen LogP) is 2.34. The number of benzene rings is 1. The van der Waals surface area contributed by atoms with Crippen LogP contribution in [0.5, 0.6) is 5.75 Å². The van der Waals surface area contributed by atoms with Gasteiger partial charge < -0.3 is 15.5 Å². The fraction of sp³-hybridized carbons (Fsp3) is 0. The molecule has 1 aromatic carbocycles. The van der Waals surface area contributed by atoms with E-state index in [0.29, 0.717) is 3.57 Å². The maximum atomic E-state index is 12.0. The number of carbonyl (C=O) groups excluding carboxylic acids is 1. The highest BCUT2D eigenvalue weighted by Crippen LogP contribution is 2.21. The summed E-state index contributed by atoms with van der Waals surface area (Å²) in [6, 6.07) is 5.81. The summed E-state index contributed by atoms with van der Waals surface area (Å²) in [6.45, 7) is 0. The number of hydrogen-bond acceptors (Lipinski definition) is 4. The van der Waals surface area contributed by atoms with Crippen LogP contribution in [0.15, 0.2) is 36.7 Å². The van der Waals surface area contributed by atoms with Crippen LogP contribution in [-0.4, -0.2) is 27.1 Å². The quantitative estimate of drug-likeness (QED) is 0.706. The minimum absolute atomic E-state index is 0.00987. The van der Waals surface area contributed by atoms with Crippen molar-refractivity contribution in [2.24, 2.45) is 0 Å². The van der Waals surface area contributed by atoms with E-state index in [2.05, 4.69) is 10.3 Å². The Hall–Kier alpha value is -2.16. The molecule has 0 unspecified atom stereocenters. The lowest BCUT2D eigenvalue weighted by molar-refractivity contribution is 0.0696. The Balaban J connectivity index is 2.21. The van der Waals surface area contributed by atoms with Crippen LogP contribution in [0.1, 0.15) is 20.7 Å². The summed E-state index contributed by atoms with van der Waals surface area (Å²) < 4.78 is 0.633. The third-order valence-electron chi connectivity index (χ3n) is 2.45. The van der Waals surface area contributed by atoms with Crippen molar-refractivity contribution in [2.75, 3.05) is 5.32 Å². The van der Waals surface area contributed by atoms with Crippen LogP contribution in [0.4, 0.5) is 5.69 Å². The Kier molecular flexibility index (Phi) is 4.18. The second-order valence-electron chi connectivity index (χ2n) is 3.89. The maximum Gasteiger partial charge on any atom is 0.337 e. The molecule has 1 aromatic heterocycles. The Labute approximate surface area is 127 Å². The standard InChI is InChI=1S/C13H9IN2O4/c14-10-2-1-7(4-11(10)17)12(18)16-9-3-8(13(19)20)5-15-6-9/h1-6,17H,(H,16,18)(H,19,20). The molecular weight excluding hydrogens is 375 g/mol. The van der Waals surface area contributed by atoms with Crippen LogP contribution >= 0.6 is 22.6 Å². The molecule has 0 saturated heterocycles. The zero-order valence-electron chi connectivity index (χ0n) is 10.0. The summed E-state index contributed by atoms with van der Waals surface area (Å²) >= 11 is 1.94. The zero-order chi connectivity index (χ0) is 14.7. The number of halogens is 1. The van der Waals surface area contributed by atoms with Crippen LogP contribution in [0.3, 0.4) is 0 Å². The van der Waals surface area contributed by atoms with Gasteiger partial charge in [0.25, 0.3) is 5.91 Å². The number of phenolic OH excluding ortho intramolecular Hbond substituents is 1. The van der Waals surface area contributed by atoms with E-state index in [-0.39, 0.29) is 22.6 Å². The number of hydrogen-bond donors (Lipinski definition) is 3. The second kappa shape index (κ2) is 5.87. The molecule has 0 aliphatic rings. The summed E-state index contributed by atoms with van der Waals surface area (Å²) in [6.07, 6.45) is 2.53. The highest BCUT2D eigenvalue weighted by molar-refractivity contribution is 14.1. The first-order valence-electron chi connectivity index (χ1n) is 5.45. The van der Waals surface area contributed by atoms with Crippen LogP contribution in [0.25, 0.3) is 0 Å². The van der Waals surface area contributed by atoms with E-state index < -0.39 is 11.9 Å². The van der Waals surface area contributed by atoms with Crippen molar-refractivity contribution >= 4 is 40.2 Å². The van der Waals surface area contributed by atoms with Gasteiger partial charge in [-0.15, -0.1) is 0 Å². The van der Waals surface area contributed by atoms with E-state index in [4.69, 9.17) is 5.11 Å². The molecule has 2 rings (SSSR count). The first-order chi connectivity index (χ1) is 9.47. The minimum Gasteiger partial charge on any atom is -0.507 e. The van der Waals surface area contributed by atoms with E-state index in [1.807, 2.05) is 22.6 Å². The predicted molar refractivity (Wildman–Crippen MR) is 80.0 cm³/mol. The number of pyridine rings is 1. The van der Waals surface area contributed by atoms with Crippen LogP contribution < -0.4 is 5.32 Å². The minimum atomic E-state index is -1.12. The number of aromatic hydroxyl groups is 1. The van der Waals surface area contributed by atoms with Gasteiger partial charge in [0.2, 0.25) is 0 Å². The summed E-state index contributed by atoms with van der Waals surface area (Å²) in [7, 11) is 0. The normalized spacial score (nSPS) is 10.1. The number of aromatic carboxylic acids is 1. The van der Waals surface area contributed by atoms with Gasteiger partial charge in [0.05, 0.1) is 21.0 Å². The number of aromatic nitrogens is 1. The smallest absolute Gasteiger partial charge is 0.337 e. The number of amides is 1. The molecule has 0 aliphatic carbocycles. The summed E-state index contributed by atoms with van der Waals surface area (Å²) in [4.78, 5) is 26.5. The third kappa shape index (κ3) is 3.23. The van der Waals surface area contributed by atoms with Crippen molar-refractivity contribution < 1.29 is 19.8 Å². The van der Waals surface area contributed by atoms with E-state index in [1.165, 1.54) is 24.5 Å². The second-order valence-corrected chi connectivity index (χ2v) is 5.05. The lowest BCUT2D eigenvalue weighted by Crippen LogP contribution is -2.12. The van der Waals surface area contributed by atoms with E-state index in [0.717, 1.165) is 0 Å². The lowest BCUT2D eigenvalue weighted by atomic mass is 10.2. The third-order valence-corrected chi connectivity index (χ3v) is 3.36. The average Bonchev–Trinajstić information content (AvgIpc) is 2.42. The summed E-state index contributed by atoms with van der Waals surface area (Å²) in [5.41, 5.74) is 0.518. The van der Waals surface area contributed by atoms with Gasteiger partial charge in [0.15, 0.2) is 0 Å². The van der Waals surface area contributed by atoms with Gasteiger partial charge in [-0.3, -0.25) is 9.78 Å². The molecule has 2 aromatic rings. The molecule has 1 amide bonds. The number of phenols is 1. The Morgan fingerprint density at radius 1 is 1.15 bits per heavy atom. The first kappa shape index (κ1) is 14.3. The monoisotopic (exact) mass is 384 g/mol. The van der Waals surface area contributed by atoms with Crippen molar-refractivity contribution in [3.63, 3.8) is 0 Å². The fourth-order valence-corrected chi connectivity index (χ4v) is 1.82. The van der Waals surface area contributed by atoms with Crippen LogP contribution in [0.2, 0.25) is 0 Å². The molecule has 3 N–H and O–H groups in total. The fourth-order valence-electron chi connectivity index (χ4n) is 1.48. The molecule has 102 valence electrons. The van der Waals surface area contributed by atoms with Crippen LogP contribution in [0, 0.1) is 3.57 Å². The number of nitrogens with zero attached hydrogens (tertiary/aromatic N) is 1. The zero-order valence-corrected chi connectivity index (χ0v) is 12.2. The molecule has 0 radical (unpaired) electrons. The molecule has 0 fully saturated rings.